The average Bonchev–Trinajstić information content (AvgIpc) is 2.57. The van der Waals surface area contributed by atoms with Gasteiger partial charge in [-0.1, -0.05) is 20.8 Å². The molecule has 2 rings (SSSR count). The molecule has 1 aromatic rings. The maximum absolute atomic E-state index is 11.2. The Bertz CT molecular complexity index is 414. The lowest BCUT2D eigenvalue weighted by Gasteiger charge is -2.16. The Hall–Kier alpha value is -1.52. The fraction of sp³-hybridized carbons (Fsp3) is 0.600. The lowest BCUT2D eigenvalue weighted by atomic mass is 9.89. The smallest absolute Gasteiger partial charge is 0.341 e. The van der Waals surface area contributed by atoms with Crippen LogP contribution >= 0.6 is 0 Å². The Morgan fingerprint density at radius 2 is 2.20 bits per heavy atom. The zero-order valence-electron chi connectivity index (χ0n) is 9.29. The first-order chi connectivity index (χ1) is 6.91. The molecule has 1 aliphatic heterocycles. The van der Waals surface area contributed by atoms with Gasteiger partial charge in [0.2, 0.25) is 0 Å². The molecule has 15 heavy (non-hydrogen) atoms. The van der Waals surface area contributed by atoms with E-state index in [1.807, 2.05) is 0 Å². The van der Waals surface area contributed by atoms with Crippen molar-refractivity contribution in [3.63, 3.8) is 0 Å². The molecule has 0 bridgehead atoms. The number of hydrogen-bond acceptors (Lipinski definition) is 3. The second-order valence-electron chi connectivity index (χ2n) is 4.85. The monoisotopic (exact) mass is 208 g/mol. The molecule has 0 aromatic carbocycles. The Morgan fingerprint density at radius 1 is 1.53 bits per heavy atom. The molecule has 0 unspecified atom stereocenters. The van der Waals surface area contributed by atoms with Crippen LogP contribution in [-0.4, -0.2) is 22.4 Å². The summed E-state index contributed by atoms with van der Waals surface area (Å²) in [6.07, 6.45) is 0.912. The normalized spacial score (nSPS) is 14.9. The molecule has 1 aliphatic rings. The van der Waals surface area contributed by atoms with E-state index in [1.165, 1.54) is 4.68 Å². The molecule has 5 nitrogen and oxygen atoms in total. The molecule has 0 radical (unpaired) electrons. The summed E-state index contributed by atoms with van der Waals surface area (Å²) in [4.78, 5) is 11.2. The van der Waals surface area contributed by atoms with Crippen molar-refractivity contribution in [3.8, 4) is 0 Å². The second kappa shape index (κ2) is 2.98. The molecule has 1 amide bonds. The number of fused-ring (bicyclic) bond motifs is 1. The van der Waals surface area contributed by atoms with Crippen LogP contribution in [0.4, 0.5) is 10.6 Å². The van der Waals surface area contributed by atoms with E-state index in [0.29, 0.717) is 0 Å². The number of hydrogen-bond donors (Lipinski definition) is 2. The van der Waals surface area contributed by atoms with E-state index >= 15 is 0 Å². The molecule has 2 heterocycles. The molecular formula is C10H16N4O. The highest BCUT2D eigenvalue weighted by Crippen LogP contribution is 2.32. The van der Waals surface area contributed by atoms with Crippen LogP contribution < -0.4 is 11.1 Å². The summed E-state index contributed by atoms with van der Waals surface area (Å²) in [5.74, 6) is 0.771. The van der Waals surface area contributed by atoms with Crippen LogP contribution in [0.25, 0.3) is 0 Å². The SMILES string of the molecule is CC(C)(C)c1nn(C(N)=O)c2c1CCN2. The maximum atomic E-state index is 11.2. The van der Waals surface area contributed by atoms with Gasteiger partial charge in [0.05, 0.1) is 5.69 Å². The van der Waals surface area contributed by atoms with E-state index in [2.05, 4.69) is 31.2 Å². The van der Waals surface area contributed by atoms with Gasteiger partial charge in [-0.05, 0) is 6.42 Å². The number of carbonyl (C=O) groups excluding carboxylic acids is 1. The highest BCUT2D eigenvalue weighted by atomic mass is 16.2. The van der Waals surface area contributed by atoms with E-state index in [9.17, 15) is 4.79 Å². The van der Waals surface area contributed by atoms with Crippen LogP contribution in [0, 0.1) is 0 Å². The van der Waals surface area contributed by atoms with Gasteiger partial charge in [0, 0.05) is 17.5 Å². The molecular weight excluding hydrogens is 192 g/mol. The predicted octanol–water partition coefficient (Wildman–Crippen LogP) is 1.08. The van der Waals surface area contributed by atoms with Crippen molar-refractivity contribution in [3.05, 3.63) is 11.3 Å². The summed E-state index contributed by atoms with van der Waals surface area (Å²) in [6.45, 7) is 7.10. The van der Waals surface area contributed by atoms with Gasteiger partial charge < -0.3 is 11.1 Å². The van der Waals surface area contributed by atoms with Crippen LogP contribution in [-0.2, 0) is 11.8 Å². The molecule has 0 fully saturated rings. The van der Waals surface area contributed by atoms with Crippen molar-refractivity contribution in [2.45, 2.75) is 32.6 Å². The zero-order valence-corrected chi connectivity index (χ0v) is 9.29. The van der Waals surface area contributed by atoms with Gasteiger partial charge in [-0.25, -0.2) is 4.79 Å². The Kier molecular flexibility index (Phi) is 1.99. The van der Waals surface area contributed by atoms with Gasteiger partial charge in [0.25, 0.3) is 0 Å². The highest BCUT2D eigenvalue weighted by molar-refractivity contribution is 5.79. The van der Waals surface area contributed by atoms with Gasteiger partial charge >= 0.3 is 6.03 Å². The number of carbonyl (C=O) groups is 1. The first-order valence-electron chi connectivity index (χ1n) is 5.07. The molecule has 82 valence electrons. The van der Waals surface area contributed by atoms with E-state index in [1.54, 1.807) is 0 Å². The Balaban J connectivity index is 2.59. The standard InChI is InChI=1S/C10H16N4O/c1-10(2,3)7-6-4-5-12-8(6)14(13-7)9(11)15/h12H,4-5H2,1-3H3,(H2,11,15). The van der Waals surface area contributed by atoms with E-state index in [-0.39, 0.29) is 5.41 Å². The number of primary amides is 1. The third-order valence-corrected chi connectivity index (χ3v) is 2.57. The van der Waals surface area contributed by atoms with Crippen molar-refractivity contribution in [1.29, 1.82) is 0 Å². The third-order valence-electron chi connectivity index (χ3n) is 2.57. The first kappa shape index (κ1) is 10.0. The molecule has 0 saturated heterocycles. The summed E-state index contributed by atoms with van der Waals surface area (Å²) in [7, 11) is 0. The second-order valence-corrected chi connectivity index (χ2v) is 4.85. The van der Waals surface area contributed by atoms with E-state index < -0.39 is 6.03 Å². The largest absolute Gasteiger partial charge is 0.369 e. The van der Waals surface area contributed by atoms with Crippen molar-refractivity contribution in [2.75, 3.05) is 11.9 Å². The van der Waals surface area contributed by atoms with Crippen molar-refractivity contribution in [1.82, 2.24) is 9.78 Å². The van der Waals surface area contributed by atoms with Crippen LogP contribution in [0.1, 0.15) is 32.0 Å². The van der Waals surface area contributed by atoms with Crippen LogP contribution in [0.5, 0.6) is 0 Å². The Morgan fingerprint density at radius 3 is 2.73 bits per heavy atom. The lowest BCUT2D eigenvalue weighted by Crippen LogP contribution is -2.24. The predicted molar refractivity (Wildman–Crippen MR) is 58.1 cm³/mol. The highest BCUT2D eigenvalue weighted by Gasteiger charge is 2.30. The topological polar surface area (TPSA) is 72.9 Å². The minimum Gasteiger partial charge on any atom is -0.369 e. The molecule has 0 aliphatic carbocycles. The number of nitrogens with zero attached hydrogens (tertiary/aromatic N) is 2. The number of nitrogens with one attached hydrogen (secondary N) is 1. The van der Waals surface area contributed by atoms with E-state index in [4.69, 9.17) is 5.73 Å². The number of aromatic nitrogens is 2. The van der Waals surface area contributed by atoms with Gasteiger partial charge in [0.1, 0.15) is 5.82 Å². The number of amides is 1. The van der Waals surface area contributed by atoms with Crippen molar-refractivity contribution < 1.29 is 4.79 Å². The minimum atomic E-state index is -0.531. The van der Waals surface area contributed by atoms with Gasteiger partial charge in [-0.2, -0.15) is 9.78 Å². The molecule has 0 saturated carbocycles. The number of nitrogens with two attached hydrogens (primary N) is 1. The van der Waals surface area contributed by atoms with Crippen LogP contribution in [0.2, 0.25) is 0 Å². The molecule has 0 spiro atoms. The van der Waals surface area contributed by atoms with Gasteiger partial charge in [0.15, 0.2) is 0 Å². The summed E-state index contributed by atoms with van der Waals surface area (Å²) in [5, 5.41) is 7.42. The first-order valence-corrected chi connectivity index (χ1v) is 5.07. The quantitative estimate of drug-likeness (QED) is 0.670. The van der Waals surface area contributed by atoms with Crippen LogP contribution in [0.3, 0.4) is 0 Å². The number of rotatable bonds is 0. The average molecular weight is 208 g/mol. The fourth-order valence-electron chi connectivity index (χ4n) is 1.94. The third kappa shape index (κ3) is 1.48. The van der Waals surface area contributed by atoms with Crippen molar-refractivity contribution in [2.24, 2.45) is 5.73 Å². The minimum absolute atomic E-state index is 0.0587. The summed E-state index contributed by atoms with van der Waals surface area (Å²) in [6, 6.07) is -0.531. The van der Waals surface area contributed by atoms with Crippen LogP contribution in [0.15, 0.2) is 0 Å². The number of anilines is 1. The van der Waals surface area contributed by atoms with Gasteiger partial charge in [-0.15, -0.1) is 0 Å². The summed E-state index contributed by atoms with van der Waals surface area (Å²) >= 11 is 0. The summed E-state index contributed by atoms with van der Waals surface area (Å²) in [5.41, 5.74) is 7.29. The zero-order chi connectivity index (χ0) is 11.2. The summed E-state index contributed by atoms with van der Waals surface area (Å²) < 4.78 is 1.27. The lowest BCUT2D eigenvalue weighted by molar-refractivity contribution is 0.248. The molecule has 3 N–H and O–H groups in total. The van der Waals surface area contributed by atoms with E-state index in [0.717, 1.165) is 30.0 Å². The molecule has 1 aromatic heterocycles. The molecule has 5 heteroatoms. The molecule has 0 atom stereocenters. The Labute approximate surface area is 88.6 Å². The fourth-order valence-corrected chi connectivity index (χ4v) is 1.94. The van der Waals surface area contributed by atoms with Gasteiger partial charge in [-0.3, -0.25) is 0 Å². The van der Waals surface area contributed by atoms with Crippen molar-refractivity contribution >= 4 is 11.8 Å². The maximum Gasteiger partial charge on any atom is 0.341 e.